The van der Waals surface area contributed by atoms with E-state index in [-0.39, 0.29) is 12.0 Å². The Bertz CT molecular complexity index is 1770. The molecule has 2 atom stereocenters. The third kappa shape index (κ3) is 3.66. The molecule has 0 bridgehead atoms. The number of benzene rings is 3. The summed E-state index contributed by atoms with van der Waals surface area (Å²) in [4.78, 5) is 0. The van der Waals surface area contributed by atoms with E-state index in [1.807, 2.05) is 30.5 Å². The van der Waals surface area contributed by atoms with Crippen LogP contribution in [0.15, 0.2) is 110 Å². The maximum atomic E-state index is 15.7. The smallest absolute Gasteiger partial charge is 0.207 e. The lowest BCUT2D eigenvalue weighted by molar-refractivity contribution is -0.727. The third-order valence-electron chi connectivity index (χ3n) is 8.39. The van der Waals surface area contributed by atoms with Crippen molar-refractivity contribution in [1.29, 1.82) is 0 Å². The summed E-state index contributed by atoms with van der Waals surface area (Å²) in [5.74, 6) is -1.02. The fourth-order valence-corrected chi connectivity index (χ4v) is 6.69. The highest BCUT2D eigenvalue weighted by Crippen LogP contribution is 2.46. The van der Waals surface area contributed by atoms with Crippen LogP contribution < -0.4 is 9.13 Å². The Morgan fingerprint density at radius 2 is 1.59 bits per heavy atom. The average Bonchev–Trinajstić information content (AvgIpc) is 3.00. The van der Waals surface area contributed by atoms with Crippen molar-refractivity contribution in [3.05, 3.63) is 138 Å². The van der Waals surface area contributed by atoms with Crippen molar-refractivity contribution in [3.8, 4) is 33.6 Å². The molecule has 2 unspecified atom stereocenters. The molecule has 39 heavy (non-hydrogen) atoms. The van der Waals surface area contributed by atoms with E-state index in [0.29, 0.717) is 24.0 Å². The number of pyridine rings is 2. The van der Waals surface area contributed by atoms with Crippen molar-refractivity contribution in [2.24, 2.45) is 0 Å². The van der Waals surface area contributed by atoms with Crippen molar-refractivity contribution >= 4 is 5.70 Å². The molecule has 190 valence electrons. The van der Waals surface area contributed by atoms with E-state index in [9.17, 15) is 4.39 Å². The van der Waals surface area contributed by atoms with Crippen LogP contribution in [0.4, 0.5) is 8.78 Å². The minimum Gasteiger partial charge on any atom is -0.207 e. The molecule has 2 aliphatic heterocycles. The second-order valence-corrected chi connectivity index (χ2v) is 10.5. The number of hydrogen-bond donors (Lipinski definition) is 0. The van der Waals surface area contributed by atoms with Crippen LogP contribution in [0.1, 0.15) is 35.1 Å². The minimum atomic E-state index is -0.578. The quantitative estimate of drug-likeness (QED) is 0.204. The van der Waals surface area contributed by atoms with Gasteiger partial charge in [0.1, 0.15) is 11.6 Å². The first-order valence-corrected chi connectivity index (χ1v) is 13.4. The zero-order valence-electron chi connectivity index (χ0n) is 21.7. The van der Waals surface area contributed by atoms with Gasteiger partial charge in [0.2, 0.25) is 23.1 Å². The van der Waals surface area contributed by atoms with E-state index in [4.69, 9.17) is 6.58 Å². The Hall–Kier alpha value is -4.44. The topological polar surface area (TPSA) is 7.76 Å². The molecular formula is C35H28F2N2+2. The summed E-state index contributed by atoms with van der Waals surface area (Å²) in [7, 11) is 0. The number of fused-ring (bicyclic) bond motifs is 9. The molecule has 0 radical (unpaired) electrons. The van der Waals surface area contributed by atoms with Crippen LogP contribution in [-0.2, 0) is 6.42 Å². The Balaban J connectivity index is 1.58. The van der Waals surface area contributed by atoms with Crippen LogP contribution in [0.25, 0.3) is 39.3 Å². The highest BCUT2D eigenvalue weighted by Gasteiger charge is 2.47. The van der Waals surface area contributed by atoms with Crippen LogP contribution in [-0.4, -0.2) is 0 Å². The summed E-state index contributed by atoms with van der Waals surface area (Å²) in [6.07, 6.45) is 5.31. The molecule has 4 heterocycles. The fraction of sp³-hybridized carbons (Fsp3) is 0.143. The van der Waals surface area contributed by atoms with Crippen molar-refractivity contribution in [1.82, 2.24) is 0 Å². The summed E-state index contributed by atoms with van der Waals surface area (Å²) in [5.41, 5.74) is 9.32. The molecule has 2 aromatic heterocycles. The first kappa shape index (κ1) is 23.7. The number of aromatic nitrogens is 2. The summed E-state index contributed by atoms with van der Waals surface area (Å²) in [6.45, 7) is 6.75. The van der Waals surface area contributed by atoms with Gasteiger partial charge in [-0.1, -0.05) is 48.5 Å². The second kappa shape index (κ2) is 9.09. The van der Waals surface area contributed by atoms with Crippen LogP contribution in [0.2, 0.25) is 0 Å². The highest BCUT2D eigenvalue weighted by molar-refractivity contribution is 5.83. The van der Waals surface area contributed by atoms with E-state index < -0.39 is 11.6 Å². The van der Waals surface area contributed by atoms with Gasteiger partial charge in [-0.2, -0.15) is 9.13 Å². The maximum Gasteiger partial charge on any atom is 0.249 e. The molecule has 0 fully saturated rings. The Labute approximate surface area is 227 Å². The fourth-order valence-electron chi connectivity index (χ4n) is 6.69. The lowest BCUT2D eigenvalue weighted by Gasteiger charge is -2.29. The molecular weight excluding hydrogens is 486 g/mol. The van der Waals surface area contributed by atoms with Gasteiger partial charge in [-0.3, -0.25) is 0 Å². The van der Waals surface area contributed by atoms with Gasteiger partial charge in [-0.25, -0.2) is 8.78 Å². The van der Waals surface area contributed by atoms with Gasteiger partial charge in [-0.15, -0.1) is 0 Å². The lowest BCUT2D eigenvalue weighted by atomic mass is 9.78. The molecule has 4 heteroatoms. The van der Waals surface area contributed by atoms with Gasteiger partial charge in [-0.05, 0) is 61.2 Å². The molecule has 2 aliphatic rings. The molecule has 0 N–H and O–H groups in total. The zero-order chi connectivity index (χ0) is 26.7. The minimum absolute atomic E-state index is 0.0610. The molecule has 3 aromatic carbocycles. The summed E-state index contributed by atoms with van der Waals surface area (Å²) < 4.78 is 35.0. The SMILES string of the molecule is C=C1C2C(CCc3c(F)cc(F)cc3-c3c(-c4ccccc4)c(C)cc[n+]31)c1ccccc1-c1cccc[n+]12. The molecule has 0 spiro atoms. The van der Waals surface area contributed by atoms with E-state index >= 15 is 4.39 Å². The predicted molar refractivity (Wildman–Crippen MR) is 150 cm³/mol. The van der Waals surface area contributed by atoms with E-state index in [2.05, 4.69) is 76.9 Å². The lowest BCUT2D eigenvalue weighted by Crippen LogP contribution is -2.53. The molecule has 0 amide bonds. The van der Waals surface area contributed by atoms with Crippen molar-refractivity contribution in [3.63, 3.8) is 0 Å². The number of aryl methyl sites for hydroxylation is 1. The second-order valence-electron chi connectivity index (χ2n) is 10.5. The maximum absolute atomic E-state index is 15.7. The van der Waals surface area contributed by atoms with Gasteiger partial charge < -0.3 is 0 Å². The summed E-state index contributed by atoms with van der Waals surface area (Å²) in [5, 5.41) is 0. The average molecular weight is 515 g/mol. The van der Waals surface area contributed by atoms with Crippen LogP contribution in [0.5, 0.6) is 0 Å². The first-order valence-electron chi connectivity index (χ1n) is 13.4. The largest absolute Gasteiger partial charge is 0.249 e. The Kier molecular flexibility index (Phi) is 5.52. The highest BCUT2D eigenvalue weighted by atomic mass is 19.1. The molecule has 0 saturated heterocycles. The Morgan fingerprint density at radius 3 is 2.44 bits per heavy atom. The molecule has 2 nitrogen and oxygen atoms in total. The zero-order valence-corrected chi connectivity index (χ0v) is 21.7. The van der Waals surface area contributed by atoms with E-state index in [1.54, 1.807) is 0 Å². The van der Waals surface area contributed by atoms with Gasteiger partial charge in [0.25, 0.3) is 0 Å². The summed E-state index contributed by atoms with van der Waals surface area (Å²) in [6, 6.07) is 29.3. The normalized spacial score (nSPS) is 17.5. The van der Waals surface area contributed by atoms with Crippen LogP contribution in [0.3, 0.4) is 0 Å². The van der Waals surface area contributed by atoms with Gasteiger partial charge in [0, 0.05) is 35.4 Å². The predicted octanol–water partition coefficient (Wildman–Crippen LogP) is 7.60. The number of nitrogens with zero attached hydrogens (tertiary/aromatic N) is 2. The summed E-state index contributed by atoms with van der Waals surface area (Å²) >= 11 is 0. The standard InChI is InChI=1S/C35H28F2N2/c1-22-17-19-38-23(2)34-29(26-12-6-7-13-28(26)32-14-8-9-18-39(32)34)16-15-27-30(20-25(36)21-31(27)37)35(38)33(22)24-10-4-3-5-11-24/h3-14,17-21,29,34H,2,15-16H2,1H3/q+2. The van der Waals surface area contributed by atoms with E-state index in [0.717, 1.165) is 39.8 Å². The van der Waals surface area contributed by atoms with Crippen molar-refractivity contribution in [2.45, 2.75) is 31.7 Å². The molecule has 7 rings (SSSR count). The number of hydrogen-bond acceptors (Lipinski definition) is 0. The Morgan fingerprint density at radius 1 is 0.821 bits per heavy atom. The van der Waals surface area contributed by atoms with Crippen LogP contribution in [0, 0.1) is 18.6 Å². The monoisotopic (exact) mass is 514 g/mol. The van der Waals surface area contributed by atoms with Crippen LogP contribution >= 0.6 is 0 Å². The molecule has 0 saturated carbocycles. The van der Waals surface area contributed by atoms with Crippen molar-refractivity contribution in [2.75, 3.05) is 0 Å². The van der Waals surface area contributed by atoms with Gasteiger partial charge in [0.05, 0.1) is 17.0 Å². The van der Waals surface area contributed by atoms with E-state index in [1.165, 1.54) is 17.2 Å². The van der Waals surface area contributed by atoms with Gasteiger partial charge >= 0.3 is 0 Å². The molecule has 5 aromatic rings. The van der Waals surface area contributed by atoms with Gasteiger partial charge in [0.15, 0.2) is 12.4 Å². The third-order valence-corrected chi connectivity index (χ3v) is 8.39. The molecule has 0 aliphatic carbocycles. The number of halogens is 2. The first-order chi connectivity index (χ1) is 19.0. The number of rotatable bonds is 1. The van der Waals surface area contributed by atoms with Crippen molar-refractivity contribution < 1.29 is 17.9 Å². The number of allylic oxidation sites excluding steroid dienone is 1.